The van der Waals surface area contributed by atoms with Crippen molar-refractivity contribution in [3.05, 3.63) is 23.3 Å². The maximum atomic E-state index is 15.4. The Morgan fingerprint density at radius 1 is 1.30 bits per heavy atom. The number of rotatable bonds is 3. The van der Waals surface area contributed by atoms with Gasteiger partial charge in [-0.1, -0.05) is 19.4 Å². The van der Waals surface area contributed by atoms with E-state index in [1.807, 2.05) is 13.8 Å². The van der Waals surface area contributed by atoms with Crippen LogP contribution in [0.4, 0.5) is 13.6 Å². The predicted octanol–water partition coefficient (Wildman–Crippen LogP) is 4.33. The van der Waals surface area contributed by atoms with Crippen molar-refractivity contribution in [2.45, 2.75) is 59.2 Å². The van der Waals surface area contributed by atoms with Crippen LogP contribution in [0.15, 0.2) is 23.3 Å². The summed E-state index contributed by atoms with van der Waals surface area (Å²) in [6.07, 6.45) is -0.599. The summed E-state index contributed by atoms with van der Waals surface area (Å²) in [5, 5.41) is 11.0. The summed E-state index contributed by atoms with van der Waals surface area (Å²) in [5.74, 6) is -6.05. The van der Waals surface area contributed by atoms with E-state index in [-0.39, 0.29) is 31.3 Å². The molecule has 0 bridgehead atoms. The van der Waals surface area contributed by atoms with Crippen LogP contribution >= 0.6 is 12.6 Å². The highest BCUT2D eigenvalue weighted by molar-refractivity contribution is 7.96. The van der Waals surface area contributed by atoms with Gasteiger partial charge in [0, 0.05) is 22.7 Å². The fourth-order valence-electron chi connectivity index (χ4n) is 7.51. The van der Waals surface area contributed by atoms with Crippen molar-refractivity contribution in [1.29, 1.82) is 0 Å². The van der Waals surface area contributed by atoms with E-state index in [1.54, 1.807) is 6.92 Å². The smallest absolute Gasteiger partial charge is 0.435 e. The SMILES string of the molecule is CCOC(=O)O[C@@H]1[C@H](C)C[C@H]2[C@H]3[C@H]([C@@H](O)C[C@]12C)[C@]1(C)C(=CC(=O)C(F)=C1F)C[C@@H]3C(=O)S. The number of aliphatic hydroxyl groups is 1. The van der Waals surface area contributed by atoms with Gasteiger partial charge in [0.1, 0.15) is 11.9 Å². The molecule has 3 saturated carbocycles. The number of fused-ring (bicyclic) bond motifs is 5. The lowest BCUT2D eigenvalue weighted by molar-refractivity contribution is -0.159. The number of allylic oxidation sites excluding steroid dienone is 4. The Bertz CT molecular complexity index is 963. The van der Waals surface area contributed by atoms with Crippen molar-refractivity contribution >= 4 is 29.7 Å². The Labute approximate surface area is 197 Å². The van der Waals surface area contributed by atoms with Gasteiger partial charge in [0.25, 0.3) is 0 Å². The average molecular weight is 485 g/mol. The number of aliphatic hydroxyl groups excluding tert-OH is 1. The van der Waals surface area contributed by atoms with Crippen molar-refractivity contribution in [2.75, 3.05) is 6.61 Å². The zero-order valence-electron chi connectivity index (χ0n) is 19.1. The van der Waals surface area contributed by atoms with Crippen LogP contribution in [0.5, 0.6) is 0 Å². The van der Waals surface area contributed by atoms with E-state index in [9.17, 15) is 23.9 Å². The molecule has 0 unspecified atom stereocenters. The third kappa shape index (κ3) is 3.40. The molecule has 0 aromatic rings. The topological polar surface area (TPSA) is 89.9 Å². The molecule has 4 aliphatic carbocycles. The van der Waals surface area contributed by atoms with E-state index in [2.05, 4.69) is 12.6 Å². The molecule has 182 valence electrons. The molecule has 4 rings (SSSR count). The Morgan fingerprint density at radius 3 is 2.58 bits per heavy atom. The summed E-state index contributed by atoms with van der Waals surface area (Å²) in [5.41, 5.74) is -1.92. The number of carbonyl (C=O) groups is 3. The van der Waals surface area contributed by atoms with Gasteiger partial charge in [-0.25, -0.2) is 9.18 Å². The molecule has 0 radical (unpaired) electrons. The lowest BCUT2D eigenvalue weighted by atomic mass is 9.45. The van der Waals surface area contributed by atoms with Gasteiger partial charge in [0.15, 0.2) is 5.12 Å². The summed E-state index contributed by atoms with van der Waals surface area (Å²) in [7, 11) is 0. The van der Waals surface area contributed by atoms with Gasteiger partial charge in [-0.15, -0.1) is 12.6 Å². The van der Waals surface area contributed by atoms with Crippen molar-refractivity contribution in [3.8, 4) is 0 Å². The molecule has 0 aromatic carbocycles. The van der Waals surface area contributed by atoms with Crippen LogP contribution in [0.25, 0.3) is 0 Å². The Balaban J connectivity index is 1.81. The maximum Gasteiger partial charge on any atom is 0.508 e. The quantitative estimate of drug-likeness (QED) is 0.458. The van der Waals surface area contributed by atoms with Gasteiger partial charge in [-0.05, 0) is 56.9 Å². The number of ketones is 1. The van der Waals surface area contributed by atoms with E-state index in [4.69, 9.17) is 9.47 Å². The van der Waals surface area contributed by atoms with Crippen LogP contribution in [0.1, 0.15) is 47.0 Å². The van der Waals surface area contributed by atoms with Crippen LogP contribution in [0.3, 0.4) is 0 Å². The summed E-state index contributed by atoms with van der Waals surface area (Å²) < 4.78 is 40.5. The van der Waals surface area contributed by atoms with Crippen LogP contribution < -0.4 is 0 Å². The lowest BCUT2D eigenvalue weighted by Gasteiger charge is -2.60. The molecule has 4 aliphatic rings. The number of ether oxygens (including phenoxy) is 2. The second kappa shape index (κ2) is 8.18. The Kier molecular flexibility index (Phi) is 6.05. The summed E-state index contributed by atoms with van der Waals surface area (Å²) in [6, 6.07) is 0. The maximum absolute atomic E-state index is 15.4. The van der Waals surface area contributed by atoms with E-state index in [1.165, 1.54) is 6.92 Å². The van der Waals surface area contributed by atoms with E-state index >= 15 is 4.39 Å². The van der Waals surface area contributed by atoms with Gasteiger partial charge in [-0.3, -0.25) is 9.59 Å². The minimum atomic E-state index is -1.54. The highest BCUT2D eigenvalue weighted by Crippen LogP contribution is 2.68. The first-order valence-electron chi connectivity index (χ1n) is 11.4. The van der Waals surface area contributed by atoms with Gasteiger partial charge in [-0.2, -0.15) is 4.39 Å². The van der Waals surface area contributed by atoms with Crippen molar-refractivity contribution < 1.29 is 37.7 Å². The van der Waals surface area contributed by atoms with Gasteiger partial charge < -0.3 is 14.6 Å². The molecule has 0 amide bonds. The second-order valence-corrected chi connectivity index (χ2v) is 10.9. The van der Waals surface area contributed by atoms with Crippen molar-refractivity contribution in [3.63, 3.8) is 0 Å². The van der Waals surface area contributed by atoms with Crippen LogP contribution in [0, 0.1) is 40.4 Å². The number of hydrogen-bond acceptors (Lipinski definition) is 6. The molecule has 6 nitrogen and oxygen atoms in total. The molecule has 0 saturated heterocycles. The molecule has 9 atom stereocenters. The monoisotopic (exact) mass is 484 g/mol. The molecule has 1 N–H and O–H groups in total. The Hall–Kier alpha value is -1.74. The van der Waals surface area contributed by atoms with Crippen molar-refractivity contribution in [2.24, 2.45) is 40.4 Å². The zero-order valence-corrected chi connectivity index (χ0v) is 20.0. The summed E-state index contributed by atoms with van der Waals surface area (Å²) in [6.45, 7) is 7.18. The van der Waals surface area contributed by atoms with E-state index in [0.717, 1.165) is 6.08 Å². The molecule has 0 spiro atoms. The minimum Gasteiger partial charge on any atom is -0.435 e. The second-order valence-electron chi connectivity index (χ2n) is 10.4. The number of carbonyl (C=O) groups excluding carboxylic acids is 3. The lowest BCUT2D eigenvalue weighted by Crippen LogP contribution is -2.60. The number of thiol groups is 1. The molecular weight excluding hydrogens is 454 g/mol. The molecule has 0 heterocycles. The molecule has 0 aliphatic heterocycles. The summed E-state index contributed by atoms with van der Waals surface area (Å²) >= 11 is 4.10. The molecule has 33 heavy (non-hydrogen) atoms. The average Bonchev–Trinajstić information content (AvgIpc) is 2.97. The Morgan fingerprint density at radius 2 is 1.97 bits per heavy atom. The molecular formula is C24H30F2O6S. The van der Waals surface area contributed by atoms with E-state index in [0.29, 0.717) is 12.0 Å². The number of hydrogen-bond donors (Lipinski definition) is 2. The van der Waals surface area contributed by atoms with Crippen LogP contribution in [-0.2, 0) is 19.1 Å². The molecule has 9 heteroatoms. The normalized spacial score (nSPS) is 44.4. The zero-order chi connectivity index (χ0) is 24.5. The number of halogens is 2. The first-order valence-corrected chi connectivity index (χ1v) is 11.9. The fourth-order valence-corrected chi connectivity index (χ4v) is 7.78. The minimum absolute atomic E-state index is 0.0590. The van der Waals surface area contributed by atoms with Crippen molar-refractivity contribution in [1.82, 2.24) is 0 Å². The third-order valence-electron chi connectivity index (χ3n) is 8.79. The van der Waals surface area contributed by atoms with Crippen LogP contribution in [-0.4, -0.2) is 41.0 Å². The first-order chi connectivity index (χ1) is 15.4. The standard InChI is InChI=1S/C24H30F2O6S/c1-5-31-22(30)32-20-10(2)6-13-16-12(21(29)33)7-11-8-14(27)18(25)19(26)24(11,4)17(16)15(28)9-23(13,20)3/h8,10,12-13,15-17,20,28H,5-7,9H2,1-4H3,(H,29,33)/t10-,12+,13+,15+,16+,17+,20-,23+,24+/m1/s1. The van der Waals surface area contributed by atoms with Gasteiger partial charge in [0.2, 0.25) is 11.6 Å². The summed E-state index contributed by atoms with van der Waals surface area (Å²) in [4.78, 5) is 36.8. The predicted molar refractivity (Wildman–Crippen MR) is 117 cm³/mol. The van der Waals surface area contributed by atoms with Gasteiger partial charge in [0.05, 0.1) is 12.7 Å². The molecule has 3 fully saturated rings. The highest BCUT2D eigenvalue weighted by atomic mass is 32.1. The fraction of sp³-hybridized carbons (Fsp3) is 0.708. The van der Waals surface area contributed by atoms with Gasteiger partial charge >= 0.3 is 6.16 Å². The third-order valence-corrected chi connectivity index (χ3v) is 9.13. The highest BCUT2D eigenvalue weighted by Gasteiger charge is 2.68. The van der Waals surface area contributed by atoms with E-state index < -0.39 is 69.5 Å². The van der Waals surface area contributed by atoms with Crippen LogP contribution in [0.2, 0.25) is 0 Å². The molecule has 0 aromatic heterocycles. The largest absolute Gasteiger partial charge is 0.508 e. The first kappa shape index (κ1) is 24.4.